The van der Waals surface area contributed by atoms with Crippen LogP contribution in [0.2, 0.25) is 0 Å². The third-order valence-corrected chi connectivity index (χ3v) is 1.97. The zero-order valence-electron chi connectivity index (χ0n) is 7.51. The van der Waals surface area contributed by atoms with E-state index in [1.807, 2.05) is 0 Å². The maximum atomic E-state index is 9.23. The first-order valence-corrected chi connectivity index (χ1v) is 4.26. The summed E-state index contributed by atoms with van der Waals surface area (Å²) < 4.78 is 0. The van der Waals surface area contributed by atoms with E-state index in [-0.39, 0.29) is 0 Å². The molecule has 0 aliphatic rings. The lowest BCUT2D eigenvalue weighted by atomic mass is 10.0. The Labute approximate surface area is 72.5 Å². The van der Waals surface area contributed by atoms with Gasteiger partial charge in [0.15, 0.2) is 0 Å². The van der Waals surface area contributed by atoms with Gasteiger partial charge in [-0.05, 0) is 12.8 Å². The molecular formula is C8H18O4. The first-order chi connectivity index (χ1) is 5.54. The Morgan fingerprint density at radius 3 is 1.17 bits per heavy atom. The van der Waals surface area contributed by atoms with Crippen LogP contribution in [0.15, 0.2) is 0 Å². The van der Waals surface area contributed by atoms with Crippen molar-refractivity contribution in [1.82, 2.24) is 0 Å². The van der Waals surface area contributed by atoms with Gasteiger partial charge in [-0.2, -0.15) is 0 Å². The summed E-state index contributed by atoms with van der Waals surface area (Å²) in [5, 5.41) is 36.7. The number of aliphatic hydroxyl groups is 4. The lowest BCUT2D eigenvalue weighted by Gasteiger charge is -2.25. The molecule has 74 valence electrons. The van der Waals surface area contributed by atoms with Crippen molar-refractivity contribution in [3.8, 4) is 0 Å². The smallest absolute Gasteiger partial charge is 0.108 e. The minimum Gasteiger partial charge on any atom is -0.390 e. The molecule has 0 unspecified atom stereocenters. The number of hydrogen-bond donors (Lipinski definition) is 4. The van der Waals surface area contributed by atoms with Gasteiger partial charge >= 0.3 is 0 Å². The summed E-state index contributed by atoms with van der Waals surface area (Å²) >= 11 is 0. The van der Waals surface area contributed by atoms with E-state index < -0.39 is 24.4 Å². The van der Waals surface area contributed by atoms with E-state index in [0.29, 0.717) is 12.8 Å². The molecule has 0 heterocycles. The van der Waals surface area contributed by atoms with Crippen LogP contribution in [0.4, 0.5) is 0 Å². The Bertz CT molecular complexity index is 104. The summed E-state index contributed by atoms with van der Waals surface area (Å²) in [6.45, 7) is 3.39. The van der Waals surface area contributed by atoms with Crippen LogP contribution in [-0.2, 0) is 0 Å². The molecule has 0 aromatic heterocycles. The van der Waals surface area contributed by atoms with Gasteiger partial charge in [0.25, 0.3) is 0 Å². The maximum Gasteiger partial charge on any atom is 0.108 e. The second kappa shape index (κ2) is 5.48. The van der Waals surface area contributed by atoms with E-state index in [0.717, 1.165) is 0 Å². The SMILES string of the molecule is CC[C@@H](O)[C@H](O)[C@@H](O)[C@H](O)CC. The van der Waals surface area contributed by atoms with Crippen molar-refractivity contribution < 1.29 is 20.4 Å². The van der Waals surface area contributed by atoms with Gasteiger partial charge in [0.05, 0.1) is 12.2 Å². The molecular weight excluding hydrogens is 160 g/mol. The number of rotatable bonds is 5. The van der Waals surface area contributed by atoms with Crippen LogP contribution in [0, 0.1) is 0 Å². The molecule has 0 radical (unpaired) electrons. The highest BCUT2D eigenvalue weighted by atomic mass is 16.4. The molecule has 4 N–H and O–H groups in total. The van der Waals surface area contributed by atoms with Gasteiger partial charge in [-0.25, -0.2) is 0 Å². The van der Waals surface area contributed by atoms with Crippen molar-refractivity contribution >= 4 is 0 Å². The normalized spacial score (nSPS) is 21.5. The average Bonchev–Trinajstić information content (AvgIpc) is 2.12. The van der Waals surface area contributed by atoms with Crippen molar-refractivity contribution in [2.45, 2.75) is 51.1 Å². The Balaban J connectivity index is 3.99. The molecule has 0 rings (SSSR count). The highest BCUT2D eigenvalue weighted by Crippen LogP contribution is 2.09. The molecule has 12 heavy (non-hydrogen) atoms. The van der Waals surface area contributed by atoms with Crippen LogP contribution in [0.25, 0.3) is 0 Å². The highest BCUT2D eigenvalue weighted by Gasteiger charge is 2.27. The molecule has 4 atom stereocenters. The fourth-order valence-corrected chi connectivity index (χ4v) is 0.938. The Morgan fingerprint density at radius 2 is 1.00 bits per heavy atom. The van der Waals surface area contributed by atoms with Gasteiger partial charge in [0.1, 0.15) is 12.2 Å². The Morgan fingerprint density at radius 1 is 0.750 bits per heavy atom. The van der Waals surface area contributed by atoms with Gasteiger partial charge in [0.2, 0.25) is 0 Å². The Kier molecular flexibility index (Phi) is 5.41. The van der Waals surface area contributed by atoms with Crippen LogP contribution < -0.4 is 0 Å². The third kappa shape index (κ3) is 3.06. The second-order valence-electron chi connectivity index (χ2n) is 2.93. The van der Waals surface area contributed by atoms with E-state index in [2.05, 4.69) is 0 Å². The second-order valence-corrected chi connectivity index (χ2v) is 2.93. The van der Waals surface area contributed by atoms with E-state index in [4.69, 9.17) is 10.2 Å². The summed E-state index contributed by atoms with van der Waals surface area (Å²) in [4.78, 5) is 0. The van der Waals surface area contributed by atoms with Crippen LogP contribution in [0.5, 0.6) is 0 Å². The van der Waals surface area contributed by atoms with Gasteiger partial charge in [-0.3, -0.25) is 0 Å². The molecule has 0 aliphatic heterocycles. The molecule has 0 amide bonds. The number of hydrogen-bond acceptors (Lipinski definition) is 4. The van der Waals surface area contributed by atoms with Gasteiger partial charge in [-0.15, -0.1) is 0 Å². The quantitative estimate of drug-likeness (QED) is 0.446. The van der Waals surface area contributed by atoms with Crippen LogP contribution in [-0.4, -0.2) is 44.8 Å². The van der Waals surface area contributed by atoms with Gasteiger partial charge < -0.3 is 20.4 Å². The van der Waals surface area contributed by atoms with E-state index >= 15 is 0 Å². The van der Waals surface area contributed by atoms with Crippen LogP contribution in [0.3, 0.4) is 0 Å². The summed E-state index contributed by atoms with van der Waals surface area (Å²) in [6.07, 6.45) is -3.75. The monoisotopic (exact) mass is 178 g/mol. The molecule has 4 nitrogen and oxygen atoms in total. The molecule has 0 spiro atoms. The van der Waals surface area contributed by atoms with Crippen molar-refractivity contribution in [2.75, 3.05) is 0 Å². The fraction of sp³-hybridized carbons (Fsp3) is 1.00. The van der Waals surface area contributed by atoms with Crippen molar-refractivity contribution in [3.63, 3.8) is 0 Å². The van der Waals surface area contributed by atoms with Gasteiger partial charge in [-0.1, -0.05) is 13.8 Å². The Hall–Kier alpha value is -0.160. The lowest BCUT2D eigenvalue weighted by Crippen LogP contribution is -2.43. The van der Waals surface area contributed by atoms with Crippen LogP contribution in [0.1, 0.15) is 26.7 Å². The predicted molar refractivity (Wildman–Crippen MR) is 44.6 cm³/mol. The first kappa shape index (κ1) is 11.8. The zero-order valence-corrected chi connectivity index (χ0v) is 7.51. The standard InChI is InChI=1S/C8H18O4/c1-3-5(9)7(11)8(12)6(10)4-2/h5-12H,3-4H2,1-2H3/t5-,6-,7+,8+/m1/s1. The summed E-state index contributed by atoms with van der Waals surface area (Å²) in [5.74, 6) is 0. The van der Waals surface area contributed by atoms with Gasteiger partial charge in [0, 0.05) is 0 Å². The highest BCUT2D eigenvalue weighted by molar-refractivity contribution is 4.79. The number of aliphatic hydroxyl groups excluding tert-OH is 4. The molecule has 0 aromatic carbocycles. The van der Waals surface area contributed by atoms with E-state index in [1.165, 1.54) is 0 Å². The zero-order chi connectivity index (χ0) is 9.72. The lowest BCUT2D eigenvalue weighted by molar-refractivity contribution is -0.105. The van der Waals surface area contributed by atoms with Crippen molar-refractivity contribution in [2.24, 2.45) is 0 Å². The van der Waals surface area contributed by atoms with Crippen LogP contribution >= 0.6 is 0 Å². The average molecular weight is 178 g/mol. The topological polar surface area (TPSA) is 80.9 Å². The summed E-state index contributed by atoms with van der Waals surface area (Å²) in [6, 6.07) is 0. The minimum absolute atomic E-state index is 0.356. The van der Waals surface area contributed by atoms with Crippen molar-refractivity contribution in [3.05, 3.63) is 0 Å². The van der Waals surface area contributed by atoms with E-state index in [9.17, 15) is 10.2 Å². The molecule has 0 saturated heterocycles. The molecule has 0 fully saturated rings. The first-order valence-electron chi connectivity index (χ1n) is 4.26. The molecule has 0 aliphatic carbocycles. The fourth-order valence-electron chi connectivity index (χ4n) is 0.938. The summed E-state index contributed by atoms with van der Waals surface area (Å²) in [7, 11) is 0. The molecule has 0 saturated carbocycles. The minimum atomic E-state index is -1.26. The molecule has 0 bridgehead atoms. The third-order valence-electron chi connectivity index (χ3n) is 1.97. The van der Waals surface area contributed by atoms with Crippen molar-refractivity contribution in [1.29, 1.82) is 0 Å². The van der Waals surface area contributed by atoms with E-state index in [1.54, 1.807) is 13.8 Å². The molecule has 4 heteroatoms. The largest absolute Gasteiger partial charge is 0.390 e. The predicted octanol–water partition coefficient (Wildman–Crippen LogP) is -0.750. The summed E-state index contributed by atoms with van der Waals surface area (Å²) in [5.41, 5.74) is 0. The maximum absolute atomic E-state index is 9.23. The molecule has 0 aromatic rings.